The lowest BCUT2D eigenvalue weighted by atomic mass is 9.94. The molecule has 7 heteroatoms. The molecule has 1 aliphatic rings. The van der Waals surface area contributed by atoms with Crippen molar-refractivity contribution >= 4 is 11.6 Å². The van der Waals surface area contributed by atoms with Gasteiger partial charge in [-0.25, -0.2) is 8.78 Å². The minimum Gasteiger partial charge on any atom is -0.281 e. The molecule has 0 radical (unpaired) electrons. The fraction of sp³-hybridized carbons (Fsp3) is 0.278. The lowest BCUT2D eigenvalue weighted by Gasteiger charge is -2.22. The maximum atomic E-state index is 15.1. The molecule has 0 amide bonds. The first-order valence-corrected chi connectivity index (χ1v) is 8.45. The van der Waals surface area contributed by atoms with E-state index in [0.717, 1.165) is 17.6 Å². The molecule has 0 saturated heterocycles. The first kappa shape index (κ1) is 16.1. The zero-order valence-electron chi connectivity index (χ0n) is 13.8. The van der Waals surface area contributed by atoms with Crippen molar-refractivity contribution in [1.82, 2.24) is 19.7 Å². The lowest BCUT2D eigenvalue weighted by molar-refractivity contribution is 0.604. The van der Waals surface area contributed by atoms with E-state index in [4.69, 9.17) is 11.6 Å². The Hall–Kier alpha value is -2.34. The Morgan fingerprint density at radius 3 is 2.72 bits per heavy atom. The first-order valence-electron chi connectivity index (χ1n) is 8.07. The number of pyridine rings is 1. The number of hydrogen-bond acceptors (Lipinski definition) is 3. The van der Waals surface area contributed by atoms with Crippen LogP contribution in [0.15, 0.2) is 18.5 Å². The molecular weight excluding hydrogens is 346 g/mol. The average Bonchev–Trinajstić information content (AvgIpc) is 2.99. The van der Waals surface area contributed by atoms with Gasteiger partial charge in [-0.2, -0.15) is 0 Å². The van der Waals surface area contributed by atoms with Crippen molar-refractivity contribution in [3.8, 4) is 16.8 Å². The van der Waals surface area contributed by atoms with Gasteiger partial charge in [0, 0.05) is 23.7 Å². The smallest absolute Gasteiger partial charge is 0.151 e. The standard InChI is InChI=1S/C18H15ClF2N4/c1-3-11-13(7-22-8-14(11)20)12-6-10-4-5-15-24-23-9(2)25(15)18(10)16(19)17(12)21/h6-8H,3-5H2,1-2H3. The van der Waals surface area contributed by atoms with Crippen molar-refractivity contribution in [1.29, 1.82) is 0 Å². The van der Waals surface area contributed by atoms with Crippen LogP contribution in [0.1, 0.15) is 29.7 Å². The zero-order chi connectivity index (χ0) is 17.7. The third-order valence-electron chi connectivity index (χ3n) is 4.64. The molecule has 3 aromatic rings. The van der Waals surface area contributed by atoms with Gasteiger partial charge in [-0.3, -0.25) is 9.55 Å². The molecule has 0 N–H and O–H groups in total. The van der Waals surface area contributed by atoms with Crippen molar-refractivity contribution in [2.75, 3.05) is 0 Å². The highest BCUT2D eigenvalue weighted by Gasteiger charge is 2.27. The third-order valence-corrected chi connectivity index (χ3v) is 4.99. The highest BCUT2D eigenvalue weighted by Crippen LogP contribution is 2.39. The van der Waals surface area contributed by atoms with Crippen LogP contribution in [-0.2, 0) is 19.3 Å². The lowest BCUT2D eigenvalue weighted by Crippen LogP contribution is -2.15. The number of fused-ring (bicyclic) bond motifs is 3. The van der Waals surface area contributed by atoms with Crippen molar-refractivity contribution in [2.24, 2.45) is 0 Å². The van der Waals surface area contributed by atoms with Crippen molar-refractivity contribution < 1.29 is 8.78 Å². The van der Waals surface area contributed by atoms with Crippen LogP contribution in [0.3, 0.4) is 0 Å². The van der Waals surface area contributed by atoms with Gasteiger partial charge in [0.05, 0.1) is 11.9 Å². The molecule has 2 aromatic heterocycles. The minimum atomic E-state index is -0.580. The average molecular weight is 361 g/mol. The Balaban J connectivity index is 2.00. The van der Waals surface area contributed by atoms with Gasteiger partial charge in [0.15, 0.2) is 5.82 Å². The first-order chi connectivity index (χ1) is 12.0. The molecule has 0 atom stereocenters. The van der Waals surface area contributed by atoms with Crippen LogP contribution in [0.2, 0.25) is 5.02 Å². The monoisotopic (exact) mass is 360 g/mol. The number of aryl methyl sites for hydroxylation is 3. The fourth-order valence-corrected chi connectivity index (χ4v) is 3.76. The van der Waals surface area contributed by atoms with Gasteiger partial charge in [-0.05, 0) is 37.0 Å². The van der Waals surface area contributed by atoms with Gasteiger partial charge >= 0.3 is 0 Å². The molecule has 0 fully saturated rings. The summed E-state index contributed by atoms with van der Waals surface area (Å²) in [6, 6.07) is 1.74. The molecule has 0 spiro atoms. The van der Waals surface area contributed by atoms with Crippen LogP contribution in [-0.4, -0.2) is 19.7 Å². The quantitative estimate of drug-likeness (QED) is 0.687. The van der Waals surface area contributed by atoms with E-state index in [1.54, 1.807) is 17.6 Å². The van der Waals surface area contributed by atoms with E-state index in [0.29, 0.717) is 41.9 Å². The maximum Gasteiger partial charge on any atom is 0.151 e. The van der Waals surface area contributed by atoms with Crippen LogP contribution in [0.25, 0.3) is 16.8 Å². The number of nitrogens with zero attached hydrogens (tertiary/aromatic N) is 4. The molecule has 25 heavy (non-hydrogen) atoms. The van der Waals surface area contributed by atoms with Gasteiger partial charge in [0.1, 0.15) is 22.5 Å². The van der Waals surface area contributed by atoms with Gasteiger partial charge in [0.25, 0.3) is 0 Å². The van der Waals surface area contributed by atoms with Crippen LogP contribution < -0.4 is 0 Å². The van der Waals surface area contributed by atoms with E-state index in [1.165, 1.54) is 6.20 Å². The number of aromatic nitrogens is 4. The third kappa shape index (κ3) is 2.35. The van der Waals surface area contributed by atoms with E-state index < -0.39 is 11.6 Å². The molecule has 1 aromatic carbocycles. The Morgan fingerprint density at radius 2 is 1.96 bits per heavy atom. The number of rotatable bonds is 2. The fourth-order valence-electron chi connectivity index (χ4n) is 3.46. The number of benzene rings is 1. The Kier molecular flexibility index (Phi) is 3.80. The largest absolute Gasteiger partial charge is 0.281 e. The van der Waals surface area contributed by atoms with Gasteiger partial charge < -0.3 is 0 Å². The summed E-state index contributed by atoms with van der Waals surface area (Å²) in [5, 5.41) is 8.18. The summed E-state index contributed by atoms with van der Waals surface area (Å²) >= 11 is 6.39. The minimum absolute atomic E-state index is 0.00247. The second-order valence-electron chi connectivity index (χ2n) is 6.06. The second kappa shape index (κ2) is 5.88. The summed E-state index contributed by atoms with van der Waals surface area (Å²) in [7, 11) is 0. The summed E-state index contributed by atoms with van der Waals surface area (Å²) in [6.07, 6.45) is 4.43. The van der Waals surface area contributed by atoms with E-state index >= 15 is 4.39 Å². The van der Waals surface area contributed by atoms with Gasteiger partial charge in [0.2, 0.25) is 0 Å². The SMILES string of the molecule is CCc1c(F)cncc1-c1cc2c(c(Cl)c1F)-n1c(C)nnc1CC2. The number of halogens is 3. The predicted octanol–water partition coefficient (Wildman–Crippen LogP) is 4.23. The molecule has 1 aliphatic heterocycles. The molecule has 4 nitrogen and oxygen atoms in total. The topological polar surface area (TPSA) is 43.6 Å². The predicted molar refractivity (Wildman–Crippen MR) is 91.0 cm³/mol. The molecular formula is C18H15ClF2N4. The molecule has 0 bridgehead atoms. The van der Waals surface area contributed by atoms with Crippen LogP contribution >= 0.6 is 11.6 Å². The van der Waals surface area contributed by atoms with Crippen LogP contribution in [0.5, 0.6) is 0 Å². The van der Waals surface area contributed by atoms with Crippen LogP contribution in [0, 0.1) is 18.6 Å². The van der Waals surface area contributed by atoms with E-state index in [1.807, 2.05) is 6.92 Å². The molecule has 4 rings (SSSR count). The van der Waals surface area contributed by atoms with Gasteiger partial charge in [-0.1, -0.05) is 18.5 Å². The Bertz CT molecular complexity index is 997. The van der Waals surface area contributed by atoms with E-state index in [-0.39, 0.29) is 10.6 Å². The van der Waals surface area contributed by atoms with Crippen molar-refractivity contribution in [2.45, 2.75) is 33.1 Å². The molecule has 3 heterocycles. The zero-order valence-corrected chi connectivity index (χ0v) is 14.5. The molecule has 0 aliphatic carbocycles. The van der Waals surface area contributed by atoms with E-state index in [9.17, 15) is 4.39 Å². The maximum absolute atomic E-state index is 15.1. The summed E-state index contributed by atoms with van der Waals surface area (Å²) < 4.78 is 31.0. The summed E-state index contributed by atoms with van der Waals surface area (Å²) in [4.78, 5) is 3.88. The summed E-state index contributed by atoms with van der Waals surface area (Å²) in [5.74, 6) is 0.404. The molecule has 0 saturated carbocycles. The Labute approximate surface area is 148 Å². The highest BCUT2D eigenvalue weighted by molar-refractivity contribution is 6.33. The van der Waals surface area contributed by atoms with Gasteiger partial charge in [-0.15, -0.1) is 10.2 Å². The van der Waals surface area contributed by atoms with Crippen LogP contribution in [0.4, 0.5) is 8.78 Å². The summed E-state index contributed by atoms with van der Waals surface area (Å²) in [6.45, 7) is 3.63. The molecule has 128 valence electrons. The normalized spacial score (nSPS) is 12.8. The van der Waals surface area contributed by atoms with Crippen molar-refractivity contribution in [3.63, 3.8) is 0 Å². The Morgan fingerprint density at radius 1 is 1.16 bits per heavy atom. The number of hydrogen-bond donors (Lipinski definition) is 0. The summed E-state index contributed by atoms with van der Waals surface area (Å²) in [5.41, 5.74) is 2.62. The highest BCUT2D eigenvalue weighted by atomic mass is 35.5. The van der Waals surface area contributed by atoms with Crippen molar-refractivity contribution in [3.05, 3.63) is 57.9 Å². The molecule has 0 unspecified atom stereocenters. The second-order valence-corrected chi connectivity index (χ2v) is 6.44. The van der Waals surface area contributed by atoms with E-state index in [2.05, 4.69) is 15.2 Å².